The Labute approximate surface area is 132 Å². The molecule has 1 unspecified atom stereocenters. The molecule has 3 rings (SSSR count). The second-order valence-electron chi connectivity index (χ2n) is 6.50. The van der Waals surface area contributed by atoms with E-state index in [2.05, 4.69) is 12.1 Å². The molecule has 3 atom stereocenters. The Balaban J connectivity index is 1.65. The standard InChI is InChI=1S/C18H25NO3/c1-13(20)14-7-10-19(11-8-14)18(21)17-16(9-12-22-17)15-5-3-2-4-6-15/h2-6,13-14,16-17,20H,7-12H2,1H3/t13?,16-,17-/m1/s1. The summed E-state index contributed by atoms with van der Waals surface area (Å²) >= 11 is 0. The van der Waals surface area contributed by atoms with E-state index in [-0.39, 0.29) is 24.0 Å². The number of nitrogens with zero attached hydrogens (tertiary/aromatic N) is 1. The molecular formula is C18H25NO3. The molecule has 2 heterocycles. The van der Waals surface area contributed by atoms with E-state index >= 15 is 0 Å². The highest BCUT2D eigenvalue weighted by molar-refractivity contribution is 5.82. The molecule has 4 nitrogen and oxygen atoms in total. The predicted molar refractivity (Wildman–Crippen MR) is 84.5 cm³/mol. The van der Waals surface area contributed by atoms with Crippen LogP contribution < -0.4 is 0 Å². The van der Waals surface area contributed by atoms with Crippen LogP contribution in [0.2, 0.25) is 0 Å². The smallest absolute Gasteiger partial charge is 0.252 e. The number of piperidine rings is 1. The molecular weight excluding hydrogens is 278 g/mol. The van der Waals surface area contributed by atoms with Crippen molar-refractivity contribution in [2.24, 2.45) is 5.92 Å². The first-order valence-corrected chi connectivity index (χ1v) is 8.30. The second-order valence-corrected chi connectivity index (χ2v) is 6.50. The molecule has 0 spiro atoms. The largest absolute Gasteiger partial charge is 0.393 e. The molecule has 0 aromatic heterocycles. The van der Waals surface area contributed by atoms with Gasteiger partial charge in [-0.15, -0.1) is 0 Å². The first kappa shape index (κ1) is 15.5. The van der Waals surface area contributed by atoms with Crippen molar-refractivity contribution in [1.29, 1.82) is 0 Å². The van der Waals surface area contributed by atoms with E-state index in [4.69, 9.17) is 4.74 Å². The second kappa shape index (κ2) is 6.80. The highest BCUT2D eigenvalue weighted by atomic mass is 16.5. The van der Waals surface area contributed by atoms with Crippen LogP contribution in [0.25, 0.3) is 0 Å². The topological polar surface area (TPSA) is 49.8 Å². The number of carbonyl (C=O) groups is 1. The SMILES string of the molecule is CC(O)C1CCN(C(=O)[C@@H]2OCC[C@@H]2c2ccccc2)CC1. The van der Waals surface area contributed by atoms with E-state index in [1.165, 1.54) is 5.56 Å². The van der Waals surface area contributed by atoms with Gasteiger partial charge in [0.2, 0.25) is 0 Å². The first-order valence-electron chi connectivity index (χ1n) is 8.30. The third-order valence-electron chi connectivity index (χ3n) is 5.10. The Kier molecular flexibility index (Phi) is 4.79. The van der Waals surface area contributed by atoms with E-state index in [9.17, 15) is 9.90 Å². The Hall–Kier alpha value is -1.39. The van der Waals surface area contributed by atoms with Crippen molar-refractivity contribution in [3.8, 4) is 0 Å². The van der Waals surface area contributed by atoms with Gasteiger partial charge in [0.05, 0.1) is 6.10 Å². The van der Waals surface area contributed by atoms with Crippen molar-refractivity contribution in [1.82, 2.24) is 4.90 Å². The van der Waals surface area contributed by atoms with Gasteiger partial charge in [0.25, 0.3) is 5.91 Å². The summed E-state index contributed by atoms with van der Waals surface area (Å²) in [6.45, 7) is 3.96. The summed E-state index contributed by atoms with van der Waals surface area (Å²) < 4.78 is 5.77. The van der Waals surface area contributed by atoms with E-state index in [1.807, 2.05) is 30.0 Å². The molecule has 2 aliphatic rings. The number of aliphatic hydroxyl groups is 1. The summed E-state index contributed by atoms with van der Waals surface area (Å²) in [5.74, 6) is 0.608. The maximum atomic E-state index is 12.8. The number of hydrogen-bond acceptors (Lipinski definition) is 3. The third-order valence-corrected chi connectivity index (χ3v) is 5.10. The number of likely N-dealkylation sites (tertiary alicyclic amines) is 1. The molecule has 0 bridgehead atoms. The van der Waals surface area contributed by atoms with Crippen molar-refractivity contribution in [2.45, 2.75) is 44.3 Å². The highest BCUT2D eigenvalue weighted by Crippen LogP contribution is 2.33. The highest BCUT2D eigenvalue weighted by Gasteiger charge is 2.38. The molecule has 22 heavy (non-hydrogen) atoms. The van der Waals surface area contributed by atoms with E-state index in [1.54, 1.807) is 0 Å². The van der Waals surface area contributed by atoms with E-state index < -0.39 is 0 Å². The number of hydrogen-bond donors (Lipinski definition) is 1. The zero-order valence-corrected chi connectivity index (χ0v) is 13.1. The van der Waals surface area contributed by atoms with Crippen LogP contribution in [-0.2, 0) is 9.53 Å². The molecule has 0 radical (unpaired) electrons. The first-order chi connectivity index (χ1) is 10.7. The van der Waals surface area contributed by atoms with Crippen molar-refractivity contribution < 1.29 is 14.6 Å². The van der Waals surface area contributed by atoms with Crippen LogP contribution in [0.15, 0.2) is 30.3 Å². The molecule has 120 valence electrons. The van der Waals surface area contributed by atoms with Crippen molar-refractivity contribution in [3.05, 3.63) is 35.9 Å². The Morgan fingerprint density at radius 1 is 1.23 bits per heavy atom. The molecule has 2 saturated heterocycles. The Morgan fingerprint density at radius 3 is 2.55 bits per heavy atom. The molecule has 1 aromatic carbocycles. The molecule has 2 aliphatic heterocycles. The van der Waals surface area contributed by atoms with Crippen molar-refractivity contribution in [3.63, 3.8) is 0 Å². The number of benzene rings is 1. The van der Waals surface area contributed by atoms with Crippen molar-refractivity contribution in [2.75, 3.05) is 19.7 Å². The average Bonchev–Trinajstić information content (AvgIpc) is 3.04. The monoisotopic (exact) mass is 303 g/mol. The van der Waals surface area contributed by atoms with Gasteiger partial charge in [-0.05, 0) is 37.7 Å². The number of ether oxygens (including phenoxy) is 1. The van der Waals surface area contributed by atoms with Gasteiger partial charge in [-0.2, -0.15) is 0 Å². The number of amides is 1. The van der Waals surface area contributed by atoms with Gasteiger partial charge in [-0.25, -0.2) is 0 Å². The van der Waals surface area contributed by atoms with Gasteiger partial charge in [0.1, 0.15) is 6.10 Å². The maximum Gasteiger partial charge on any atom is 0.252 e. The summed E-state index contributed by atoms with van der Waals surface area (Å²) in [5.41, 5.74) is 1.19. The molecule has 4 heteroatoms. The van der Waals surface area contributed by atoms with Crippen LogP contribution in [0.1, 0.15) is 37.7 Å². The molecule has 2 fully saturated rings. The van der Waals surface area contributed by atoms with Gasteiger partial charge >= 0.3 is 0 Å². The van der Waals surface area contributed by atoms with Crippen molar-refractivity contribution >= 4 is 5.91 Å². The minimum Gasteiger partial charge on any atom is -0.393 e. The lowest BCUT2D eigenvalue weighted by Gasteiger charge is -2.35. The molecule has 1 amide bonds. The van der Waals surface area contributed by atoms with Gasteiger partial charge in [-0.1, -0.05) is 30.3 Å². The molecule has 1 N–H and O–H groups in total. The predicted octanol–water partition coefficient (Wildman–Crippen LogP) is 2.18. The van der Waals surface area contributed by atoms with Crippen LogP contribution in [0.3, 0.4) is 0 Å². The van der Waals surface area contributed by atoms with Gasteiger partial charge in [0.15, 0.2) is 0 Å². The minimum absolute atomic E-state index is 0.121. The summed E-state index contributed by atoms with van der Waals surface area (Å²) in [4.78, 5) is 14.7. The van der Waals surface area contributed by atoms with Crippen LogP contribution >= 0.6 is 0 Å². The summed E-state index contributed by atoms with van der Waals surface area (Å²) in [6, 6.07) is 10.2. The van der Waals surface area contributed by atoms with Gasteiger partial charge in [0, 0.05) is 25.6 Å². The summed E-state index contributed by atoms with van der Waals surface area (Å²) in [7, 11) is 0. The fourth-order valence-electron chi connectivity index (χ4n) is 3.66. The zero-order valence-electron chi connectivity index (χ0n) is 13.1. The lowest BCUT2D eigenvalue weighted by Crippen LogP contribution is -2.46. The fraction of sp³-hybridized carbons (Fsp3) is 0.611. The zero-order chi connectivity index (χ0) is 15.5. The van der Waals surface area contributed by atoms with E-state index in [0.717, 1.165) is 32.4 Å². The number of rotatable bonds is 3. The lowest BCUT2D eigenvalue weighted by molar-refractivity contribution is -0.143. The van der Waals surface area contributed by atoms with E-state index in [0.29, 0.717) is 12.5 Å². The normalized spacial score (nSPS) is 27.8. The quantitative estimate of drug-likeness (QED) is 0.931. The van der Waals surface area contributed by atoms with Crippen LogP contribution in [0, 0.1) is 5.92 Å². The minimum atomic E-state index is -0.342. The van der Waals surface area contributed by atoms with Gasteiger partial charge < -0.3 is 14.7 Å². The molecule has 0 aliphatic carbocycles. The molecule has 0 saturated carbocycles. The van der Waals surface area contributed by atoms with Crippen LogP contribution in [0.5, 0.6) is 0 Å². The third kappa shape index (κ3) is 3.18. The maximum absolute atomic E-state index is 12.8. The Bertz CT molecular complexity index is 494. The number of aliphatic hydroxyl groups excluding tert-OH is 1. The average molecular weight is 303 g/mol. The molecule has 1 aromatic rings. The number of carbonyl (C=O) groups excluding carboxylic acids is 1. The van der Waals surface area contributed by atoms with Crippen LogP contribution in [0.4, 0.5) is 0 Å². The van der Waals surface area contributed by atoms with Gasteiger partial charge in [-0.3, -0.25) is 4.79 Å². The Morgan fingerprint density at radius 2 is 1.91 bits per heavy atom. The van der Waals surface area contributed by atoms with Crippen LogP contribution in [-0.4, -0.2) is 47.8 Å². The summed E-state index contributed by atoms with van der Waals surface area (Å²) in [6.07, 6.45) is 2.05. The lowest BCUT2D eigenvalue weighted by atomic mass is 9.89. The fourth-order valence-corrected chi connectivity index (χ4v) is 3.66. The summed E-state index contributed by atoms with van der Waals surface area (Å²) in [5, 5.41) is 9.68.